The largest absolute Gasteiger partial charge is 0.462 e. The van der Waals surface area contributed by atoms with Crippen molar-refractivity contribution in [2.24, 2.45) is 23.2 Å². The lowest BCUT2D eigenvalue weighted by Crippen LogP contribution is -2.50. The highest BCUT2D eigenvalue weighted by atomic mass is 16.7. The molecule has 4 fully saturated rings. The van der Waals surface area contributed by atoms with Gasteiger partial charge in [-0.1, -0.05) is 19.1 Å². The number of rotatable bonds is 3. The van der Waals surface area contributed by atoms with Crippen LogP contribution >= 0.6 is 0 Å². The minimum Gasteiger partial charge on any atom is -0.462 e. The quantitative estimate of drug-likeness (QED) is 0.528. The van der Waals surface area contributed by atoms with Gasteiger partial charge in [0.25, 0.3) is 0 Å². The van der Waals surface area contributed by atoms with Crippen LogP contribution in [0, 0.1) is 23.2 Å². The van der Waals surface area contributed by atoms with E-state index in [1.807, 2.05) is 6.07 Å². The molecule has 5 aliphatic rings. The number of ether oxygens (including phenoxy) is 3. The molecule has 6 nitrogen and oxygen atoms in total. The van der Waals surface area contributed by atoms with Gasteiger partial charge in [-0.05, 0) is 55.6 Å². The lowest BCUT2D eigenvalue weighted by Gasteiger charge is -2.50. The Labute approximate surface area is 190 Å². The van der Waals surface area contributed by atoms with Gasteiger partial charge in [-0.25, -0.2) is 0 Å². The summed E-state index contributed by atoms with van der Waals surface area (Å²) < 4.78 is 16.9. The van der Waals surface area contributed by atoms with E-state index in [9.17, 15) is 4.79 Å². The number of piperazine rings is 1. The zero-order chi connectivity index (χ0) is 21.9. The van der Waals surface area contributed by atoms with Crippen molar-refractivity contribution in [3.05, 3.63) is 30.4 Å². The molecule has 172 valence electrons. The van der Waals surface area contributed by atoms with Crippen molar-refractivity contribution >= 4 is 11.7 Å². The van der Waals surface area contributed by atoms with E-state index in [1.54, 1.807) is 0 Å². The van der Waals surface area contributed by atoms with Crippen molar-refractivity contribution < 1.29 is 19.0 Å². The molecule has 5 atom stereocenters. The minimum atomic E-state index is 0.0105. The molecule has 0 bridgehead atoms. The molecular weight excluding hydrogens is 404 g/mol. The molecule has 0 spiro atoms. The molecule has 1 aromatic carbocycles. The summed E-state index contributed by atoms with van der Waals surface area (Å²) in [5, 5.41) is 0. The van der Waals surface area contributed by atoms with E-state index in [1.165, 1.54) is 24.1 Å². The Hall–Kier alpha value is -2.21. The lowest BCUT2D eigenvalue weighted by atomic mass is 9.55. The summed E-state index contributed by atoms with van der Waals surface area (Å²) in [6.07, 6.45) is 5.82. The van der Waals surface area contributed by atoms with Gasteiger partial charge in [0.15, 0.2) is 11.5 Å². The maximum atomic E-state index is 12.9. The van der Waals surface area contributed by atoms with Crippen LogP contribution in [0.15, 0.2) is 30.4 Å². The van der Waals surface area contributed by atoms with Gasteiger partial charge in [0, 0.05) is 50.4 Å². The number of hydrogen-bond donors (Lipinski definition) is 0. The minimum absolute atomic E-state index is 0.0105. The summed E-state index contributed by atoms with van der Waals surface area (Å²) in [6.45, 7) is 11.8. The number of hydrogen-bond acceptors (Lipinski definition) is 6. The van der Waals surface area contributed by atoms with E-state index in [2.05, 4.69) is 35.4 Å². The molecule has 0 N–H and O–H groups in total. The van der Waals surface area contributed by atoms with Crippen LogP contribution in [0.5, 0.6) is 11.5 Å². The average molecular weight is 439 g/mol. The second-order valence-electron chi connectivity index (χ2n) is 10.7. The highest BCUT2D eigenvalue weighted by molar-refractivity contribution is 5.75. The number of benzene rings is 1. The Bertz CT molecular complexity index is 924. The molecule has 3 aliphatic heterocycles. The number of carbonyl (C=O) groups is 1. The SMILES string of the molecule is C=C1CCC[C@]2(C)C[C@H]3OC(=O)[C@@H](CN4CCN(c5ccc6c(c5)OCO6)CC4)[C@@H]3C[C@@H]12. The normalized spacial score (nSPS) is 36.6. The average Bonchev–Trinajstić information content (AvgIpc) is 3.36. The Morgan fingerprint density at radius 2 is 1.97 bits per heavy atom. The zero-order valence-corrected chi connectivity index (χ0v) is 19.1. The van der Waals surface area contributed by atoms with E-state index in [0.717, 1.165) is 63.5 Å². The predicted molar refractivity (Wildman–Crippen MR) is 122 cm³/mol. The molecular formula is C26H34N2O4. The highest BCUT2D eigenvalue weighted by Gasteiger charge is 2.55. The maximum absolute atomic E-state index is 12.9. The number of nitrogens with zero attached hydrogens (tertiary/aromatic N) is 2. The van der Waals surface area contributed by atoms with Crippen molar-refractivity contribution in [3.63, 3.8) is 0 Å². The third-order valence-electron chi connectivity index (χ3n) is 8.87. The summed E-state index contributed by atoms with van der Waals surface area (Å²) >= 11 is 0. The number of carbonyl (C=O) groups excluding carboxylic acids is 1. The summed E-state index contributed by atoms with van der Waals surface area (Å²) in [4.78, 5) is 17.7. The predicted octanol–water partition coefficient (Wildman–Crippen LogP) is 3.85. The first-order chi connectivity index (χ1) is 15.5. The van der Waals surface area contributed by atoms with E-state index in [0.29, 0.717) is 18.6 Å². The van der Waals surface area contributed by atoms with Crippen LogP contribution in [0.4, 0.5) is 5.69 Å². The van der Waals surface area contributed by atoms with Crippen molar-refractivity contribution in [1.82, 2.24) is 4.90 Å². The van der Waals surface area contributed by atoms with Gasteiger partial charge in [-0.2, -0.15) is 0 Å². The summed E-state index contributed by atoms with van der Waals surface area (Å²) in [5.41, 5.74) is 2.85. The van der Waals surface area contributed by atoms with Gasteiger partial charge < -0.3 is 19.1 Å². The Morgan fingerprint density at radius 3 is 2.81 bits per heavy atom. The van der Waals surface area contributed by atoms with E-state index in [4.69, 9.17) is 14.2 Å². The molecule has 6 heteroatoms. The fraction of sp³-hybridized carbons (Fsp3) is 0.654. The van der Waals surface area contributed by atoms with Crippen LogP contribution in [0.1, 0.15) is 39.0 Å². The van der Waals surface area contributed by atoms with Crippen LogP contribution in [0.3, 0.4) is 0 Å². The number of anilines is 1. The molecule has 0 radical (unpaired) electrons. The van der Waals surface area contributed by atoms with E-state index < -0.39 is 0 Å². The Kier molecular flexibility index (Phi) is 4.90. The van der Waals surface area contributed by atoms with Crippen molar-refractivity contribution in [2.45, 2.75) is 45.1 Å². The van der Waals surface area contributed by atoms with Gasteiger partial charge in [-0.3, -0.25) is 9.69 Å². The number of esters is 1. The molecule has 32 heavy (non-hydrogen) atoms. The summed E-state index contributed by atoms with van der Waals surface area (Å²) in [6, 6.07) is 6.18. The van der Waals surface area contributed by atoms with Gasteiger partial charge in [-0.15, -0.1) is 0 Å². The van der Waals surface area contributed by atoms with E-state index in [-0.39, 0.29) is 23.4 Å². The second-order valence-corrected chi connectivity index (χ2v) is 10.7. The number of fused-ring (bicyclic) bond motifs is 3. The first-order valence-corrected chi connectivity index (χ1v) is 12.3. The van der Waals surface area contributed by atoms with Crippen LogP contribution in [-0.2, 0) is 9.53 Å². The Balaban J connectivity index is 1.09. The molecule has 0 aromatic heterocycles. The number of allylic oxidation sites excluding steroid dienone is 1. The van der Waals surface area contributed by atoms with Gasteiger partial charge in [0.1, 0.15) is 6.10 Å². The van der Waals surface area contributed by atoms with Crippen molar-refractivity contribution in [2.75, 3.05) is 44.4 Å². The van der Waals surface area contributed by atoms with Crippen LogP contribution in [0.25, 0.3) is 0 Å². The van der Waals surface area contributed by atoms with Crippen LogP contribution in [0.2, 0.25) is 0 Å². The van der Waals surface area contributed by atoms with Crippen LogP contribution in [-0.4, -0.2) is 56.5 Å². The first-order valence-electron chi connectivity index (χ1n) is 12.3. The molecule has 2 saturated heterocycles. The monoisotopic (exact) mass is 438 g/mol. The molecule has 2 saturated carbocycles. The molecule has 1 aromatic rings. The van der Waals surface area contributed by atoms with E-state index >= 15 is 0 Å². The summed E-state index contributed by atoms with van der Waals surface area (Å²) in [7, 11) is 0. The molecule has 2 aliphatic carbocycles. The van der Waals surface area contributed by atoms with Crippen LogP contribution < -0.4 is 14.4 Å². The fourth-order valence-electron chi connectivity index (χ4n) is 7.01. The van der Waals surface area contributed by atoms with Gasteiger partial charge in [0.05, 0.1) is 5.92 Å². The first kappa shape index (κ1) is 20.4. The smallest absolute Gasteiger partial charge is 0.310 e. The lowest BCUT2D eigenvalue weighted by molar-refractivity contribution is -0.146. The standard InChI is InChI=1S/C26H34N2O4/c1-17-4-3-7-26(2)14-24-19(13-21(17)26)20(25(29)32-24)15-27-8-10-28(11-9-27)18-5-6-22-23(12-18)31-16-30-22/h5-6,12,19-21,24H,1,3-4,7-11,13-16H2,2H3/t19-,20-,21-,24+,26+/m0/s1. The van der Waals surface area contributed by atoms with Crippen molar-refractivity contribution in [1.29, 1.82) is 0 Å². The third kappa shape index (κ3) is 3.38. The molecule has 6 rings (SSSR count). The Morgan fingerprint density at radius 1 is 1.16 bits per heavy atom. The molecule has 3 heterocycles. The highest BCUT2D eigenvalue weighted by Crippen LogP contribution is 2.57. The topological polar surface area (TPSA) is 51.2 Å². The van der Waals surface area contributed by atoms with Crippen molar-refractivity contribution in [3.8, 4) is 11.5 Å². The fourth-order valence-corrected chi connectivity index (χ4v) is 7.01. The second kappa shape index (κ2) is 7.68. The zero-order valence-electron chi connectivity index (χ0n) is 19.1. The summed E-state index contributed by atoms with van der Waals surface area (Å²) in [5.74, 6) is 2.60. The molecule has 0 unspecified atom stereocenters. The molecule has 0 amide bonds. The van der Waals surface area contributed by atoms with Gasteiger partial charge in [0.2, 0.25) is 6.79 Å². The maximum Gasteiger partial charge on any atom is 0.310 e. The van der Waals surface area contributed by atoms with Gasteiger partial charge >= 0.3 is 5.97 Å². The third-order valence-corrected chi connectivity index (χ3v) is 8.87.